The molecule has 0 aromatic heterocycles. The van der Waals surface area contributed by atoms with Crippen molar-refractivity contribution in [3.8, 4) is 0 Å². The number of carbonyl (C=O) groups excluding carboxylic acids is 1. The van der Waals surface area contributed by atoms with Gasteiger partial charge in [-0.1, -0.05) is 68.4 Å². The monoisotopic (exact) mass is 350 g/mol. The summed E-state index contributed by atoms with van der Waals surface area (Å²) in [6.07, 6.45) is 2.58. The van der Waals surface area contributed by atoms with Crippen LogP contribution in [0.3, 0.4) is 0 Å². The average molecular weight is 350 g/mol. The summed E-state index contributed by atoms with van der Waals surface area (Å²) in [4.78, 5) is 23.6. The Morgan fingerprint density at radius 2 is 1.58 bits per heavy atom. The molecule has 1 fully saturated rings. The number of rotatable bonds is 7. The third kappa shape index (κ3) is 4.21. The van der Waals surface area contributed by atoms with E-state index >= 15 is 0 Å². The fourth-order valence-corrected chi connectivity index (χ4v) is 4.05. The fraction of sp³-hybridized carbons (Fsp3) is 0.391. The van der Waals surface area contributed by atoms with Gasteiger partial charge in [0.1, 0.15) is 0 Å². The summed E-state index contributed by atoms with van der Waals surface area (Å²) in [5.41, 5.74) is 3.21. The molecule has 1 aliphatic carbocycles. The lowest BCUT2D eigenvalue weighted by Crippen LogP contribution is -2.36. The predicted molar refractivity (Wildman–Crippen MR) is 102 cm³/mol. The lowest BCUT2D eigenvalue weighted by atomic mass is 9.62. The zero-order valence-electron chi connectivity index (χ0n) is 15.4. The van der Waals surface area contributed by atoms with Crippen molar-refractivity contribution < 1.29 is 14.7 Å². The molecule has 0 aliphatic heterocycles. The van der Waals surface area contributed by atoms with E-state index in [2.05, 4.69) is 13.8 Å². The molecule has 0 amide bonds. The van der Waals surface area contributed by atoms with Gasteiger partial charge in [0.2, 0.25) is 0 Å². The van der Waals surface area contributed by atoms with Gasteiger partial charge in [0, 0.05) is 23.8 Å². The summed E-state index contributed by atoms with van der Waals surface area (Å²) in [6, 6.07) is 17.7. The zero-order chi connectivity index (χ0) is 18.7. The molecular formula is C23H26O3. The topological polar surface area (TPSA) is 54.4 Å². The normalized spacial score (nSPS) is 17.3. The molecule has 1 aliphatic rings. The zero-order valence-corrected chi connectivity index (χ0v) is 15.4. The molecule has 2 aromatic rings. The summed E-state index contributed by atoms with van der Waals surface area (Å²) in [7, 11) is 0. The minimum absolute atomic E-state index is 0.0269. The second-order valence-electron chi connectivity index (χ2n) is 8.15. The van der Waals surface area contributed by atoms with E-state index in [-0.39, 0.29) is 29.5 Å². The number of Topliss-reactive ketones (excluding diaryl/α,β-unsaturated/α-hetero) is 1. The molecule has 0 radical (unpaired) electrons. The van der Waals surface area contributed by atoms with Crippen LogP contribution >= 0.6 is 0 Å². The standard InChI is InChI=1S/C23H26O3/c1-23(2)14-19(15-23)22(26)18-10-8-17(9-11-18)20(12-13-21(24)25)16-6-4-3-5-7-16/h3-11,19-20H,12-15H2,1-2H3,(H,24,25). The molecule has 1 atom stereocenters. The third-order valence-corrected chi connectivity index (χ3v) is 5.42. The Morgan fingerprint density at radius 3 is 2.12 bits per heavy atom. The lowest BCUT2D eigenvalue weighted by Gasteiger charge is -2.41. The van der Waals surface area contributed by atoms with Crippen molar-refractivity contribution in [2.75, 3.05) is 0 Å². The van der Waals surface area contributed by atoms with Crippen LogP contribution in [0.15, 0.2) is 54.6 Å². The van der Waals surface area contributed by atoms with Crippen LogP contribution in [0.25, 0.3) is 0 Å². The summed E-state index contributed by atoms with van der Waals surface area (Å²) in [6.45, 7) is 4.40. The molecule has 2 aromatic carbocycles. The van der Waals surface area contributed by atoms with Crippen molar-refractivity contribution >= 4 is 11.8 Å². The molecule has 0 heterocycles. The van der Waals surface area contributed by atoms with Gasteiger partial charge in [-0.3, -0.25) is 9.59 Å². The molecule has 1 unspecified atom stereocenters. The van der Waals surface area contributed by atoms with E-state index in [1.165, 1.54) is 0 Å². The summed E-state index contributed by atoms with van der Waals surface area (Å²) >= 11 is 0. The number of ketones is 1. The molecule has 3 heteroatoms. The van der Waals surface area contributed by atoms with Gasteiger partial charge >= 0.3 is 5.97 Å². The van der Waals surface area contributed by atoms with Crippen molar-refractivity contribution in [3.63, 3.8) is 0 Å². The van der Waals surface area contributed by atoms with Gasteiger partial charge in [0.15, 0.2) is 5.78 Å². The van der Waals surface area contributed by atoms with Gasteiger partial charge in [-0.25, -0.2) is 0 Å². The Kier molecular flexibility index (Phi) is 5.26. The number of hydrogen-bond acceptors (Lipinski definition) is 2. The Bertz CT molecular complexity index is 767. The Balaban J connectivity index is 1.77. The van der Waals surface area contributed by atoms with Gasteiger partial charge in [-0.15, -0.1) is 0 Å². The predicted octanol–water partition coefficient (Wildman–Crippen LogP) is 5.30. The highest BCUT2D eigenvalue weighted by molar-refractivity contribution is 5.98. The van der Waals surface area contributed by atoms with Crippen molar-refractivity contribution in [2.24, 2.45) is 11.3 Å². The molecule has 136 valence electrons. The first kappa shape index (κ1) is 18.4. The van der Waals surface area contributed by atoms with E-state index in [4.69, 9.17) is 5.11 Å². The third-order valence-electron chi connectivity index (χ3n) is 5.42. The maximum atomic E-state index is 12.6. The van der Waals surface area contributed by atoms with Gasteiger partial charge < -0.3 is 5.11 Å². The molecule has 3 rings (SSSR count). The van der Waals surface area contributed by atoms with Gasteiger partial charge in [-0.2, -0.15) is 0 Å². The highest BCUT2D eigenvalue weighted by Gasteiger charge is 2.40. The number of benzene rings is 2. The van der Waals surface area contributed by atoms with Crippen molar-refractivity contribution in [2.45, 2.75) is 45.4 Å². The van der Waals surface area contributed by atoms with Gasteiger partial charge in [0.25, 0.3) is 0 Å². The van der Waals surface area contributed by atoms with Crippen molar-refractivity contribution in [1.82, 2.24) is 0 Å². The number of carboxylic acid groups (broad SMARTS) is 1. The van der Waals surface area contributed by atoms with Crippen LogP contribution in [-0.4, -0.2) is 16.9 Å². The second-order valence-corrected chi connectivity index (χ2v) is 8.15. The van der Waals surface area contributed by atoms with Crippen LogP contribution in [0.4, 0.5) is 0 Å². The fourth-order valence-electron chi connectivity index (χ4n) is 4.05. The maximum Gasteiger partial charge on any atom is 0.303 e. The van der Waals surface area contributed by atoms with Crippen molar-refractivity contribution in [3.05, 3.63) is 71.3 Å². The van der Waals surface area contributed by atoms with Crippen LogP contribution in [-0.2, 0) is 4.79 Å². The molecule has 26 heavy (non-hydrogen) atoms. The number of carboxylic acids is 1. The van der Waals surface area contributed by atoms with E-state index in [0.717, 1.165) is 29.5 Å². The Morgan fingerprint density at radius 1 is 1.00 bits per heavy atom. The summed E-state index contributed by atoms with van der Waals surface area (Å²) in [5, 5.41) is 9.07. The molecule has 0 bridgehead atoms. The van der Waals surface area contributed by atoms with Crippen LogP contribution in [0.1, 0.15) is 66.9 Å². The van der Waals surface area contributed by atoms with Crippen LogP contribution in [0.5, 0.6) is 0 Å². The molecular weight excluding hydrogens is 324 g/mol. The number of carbonyl (C=O) groups is 2. The van der Waals surface area contributed by atoms with Crippen molar-refractivity contribution in [1.29, 1.82) is 0 Å². The maximum absolute atomic E-state index is 12.6. The van der Waals surface area contributed by atoms with E-state index in [1.807, 2.05) is 54.6 Å². The molecule has 0 saturated heterocycles. The number of aliphatic carboxylic acids is 1. The first-order chi connectivity index (χ1) is 12.4. The Labute approximate surface area is 155 Å². The molecule has 3 nitrogen and oxygen atoms in total. The highest BCUT2D eigenvalue weighted by Crippen LogP contribution is 2.46. The van der Waals surface area contributed by atoms with Crippen LogP contribution in [0, 0.1) is 11.3 Å². The van der Waals surface area contributed by atoms with E-state index in [1.54, 1.807) is 0 Å². The molecule has 1 N–H and O–H groups in total. The van der Waals surface area contributed by atoms with Crippen LogP contribution < -0.4 is 0 Å². The minimum Gasteiger partial charge on any atom is -0.481 e. The van der Waals surface area contributed by atoms with Gasteiger partial charge in [-0.05, 0) is 35.8 Å². The number of hydrogen-bond donors (Lipinski definition) is 1. The second kappa shape index (κ2) is 7.45. The van der Waals surface area contributed by atoms with Gasteiger partial charge in [0.05, 0.1) is 0 Å². The van der Waals surface area contributed by atoms with E-state index < -0.39 is 5.97 Å². The van der Waals surface area contributed by atoms with E-state index in [0.29, 0.717) is 6.42 Å². The molecule has 0 spiro atoms. The first-order valence-corrected chi connectivity index (χ1v) is 9.27. The summed E-state index contributed by atoms with van der Waals surface area (Å²) < 4.78 is 0. The summed E-state index contributed by atoms with van der Waals surface area (Å²) in [5.74, 6) is -0.380. The first-order valence-electron chi connectivity index (χ1n) is 9.27. The Hall–Kier alpha value is -2.42. The lowest BCUT2D eigenvalue weighted by molar-refractivity contribution is -0.137. The largest absolute Gasteiger partial charge is 0.481 e. The minimum atomic E-state index is -0.787. The smallest absolute Gasteiger partial charge is 0.303 e. The van der Waals surface area contributed by atoms with E-state index in [9.17, 15) is 9.59 Å². The quantitative estimate of drug-likeness (QED) is 0.689. The highest BCUT2D eigenvalue weighted by atomic mass is 16.4. The molecule has 1 saturated carbocycles. The average Bonchev–Trinajstić information content (AvgIpc) is 2.60. The SMILES string of the molecule is CC1(C)CC(C(=O)c2ccc(C(CCC(=O)O)c3ccccc3)cc2)C1. The van der Waals surface area contributed by atoms with Crippen LogP contribution in [0.2, 0.25) is 0 Å².